The molecule has 0 spiro atoms. The number of hydrogen-bond acceptors (Lipinski definition) is 4. The van der Waals surface area contributed by atoms with E-state index in [4.69, 9.17) is 9.84 Å². The normalized spacial score (nSPS) is 12.2. The van der Waals surface area contributed by atoms with Crippen molar-refractivity contribution in [2.45, 2.75) is 19.9 Å². The number of ether oxygens (including phenoxy) is 1. The topological polar surface area (TPSA) is 62.7 Å². The maximum Gasteiger partial charge on any atom is 0.339 e. The molecule has 1 rings (SSSR count). The van der Waals surface area contributed by atoms with Crippen LogP contribution in [0.4, 0.5) is 5.82 Å². The van der Waals surface area contributed by atoms with Crippen molar-refractivity contribution < 1.29 is 14.6 Å². The van der Waals surface area contributed by atoms with Crippen molar-refractivity contribution in [3.63, 3.8) is 0 Å². The van der Waals surface area contributed by atoms with Crippen LogP contribution in [0.25, 0.3) is 0 Å². The van der Waals surface area contributed by atoms with E-state index in [-0.39, 0.29) is 11.6 Å². The third-order valence-electron chi connectivity index (χ3n) is 2.65. The molecule has 1 aromatic heterocycles. The fourth-order valence-electron chi connectivity index (χ4n) is 1.54. The first-order valence-corrected chi connectivity index (χ1v) is 5.40. The van der Waals surface area contributed by atoms with Gasteiger partial charge in [-0.25, -0.2) is 9.78 Å². The lowest BCUT2D eigenvalue weighted by Crippen LogP contribution is -2.34. The summed E-state index contributed by atoms with van der Waals surface area (Å²) in [6.07, 6.45) is 0. The average Bonchev–Trinajstić information content (AvgIpc) is 2.27. The highest BCUT2D eigenvalue weighted by Gasteiger charge is 2.18. The summed E-state index contributed by atoms with van der Waals surface area (Å²) in [7, 11) is 3.43. The van der Waals surface area contributed by atoms with E-state index in [1.807, 2.05) is 25.8 Å². The minimum atomic E-state index is -0.969. The Kier molecular flexibility index (Phi) is 4.45. The SMILES string of the molecule is COCC(C)N(C)c1nc(C)ccc1C(=O)O. The van der Waals surface area contributed by atoms with Crippen LogP contribution in [0.2, 0.25) is 0 Å². The number of carbonyl (C=O) groups is 1. The zero-order valence-electron chi connectivity index (χ0n) is 10.6. The van der Waals surface area contributed by atoms with Gasteiger partial charge in [-0.05, 0) is 26.0 Å². The number of nitrogens with zero attached hydrogens (tertiary/aromatic N) is 2. The van der Waals surface area contributed by atoms with Crippen molar-refractivity contribution in [2.75, 3.05) is 25.7 Å². The summed E-state index contributed by atoms with van der Waals surface area (Å²) in [5.41, 5.74) is 1.00. The van der Waals surface area contributed by atoms with Crippen molar-refractivity contribution in [3.8, 4) is 0 Å². The second-order valence-electron chi connectivity index (χ2n) is 4.04. The fraction of sp³-hybridized carbons (Fsp3) is 0.500. The molecule has 0 bridgehead atoms. The Morgan fingerprint density at radius 3 is 2.76 bits per heavy atom. The Balaban J connectivity index is 3.10. The Hall–Kier alpha value is -1.62. The highest BCUT2D eigenvalue weighted by molar-refractivity contribution is 5.93. The lowest BCUT2D eigenvalue weighted by molar-refractivity contribution is 0.0697. The molecule has 94 valence electrons. The number of pyridine rings is 1. The lowest BCUT2D eigenvalue weighted by Gasteiger charge is -2.26. The van der Waals surface area contributed by atoms with E-state index < -0.39 is 5.97 Å². The minimum absolute atomic E-state index is 0.0624. The number of aromatic carboxylic acids is 1. The predicted octanol–water partition coefficient (Wildman–Crippen LogP) is 1.56. The molecule has 1 heterocycles. The van der Waals surface area contributed by atoms with E-state index in [1.54, 1.807) is 19.2 Å². The lowest BCUT2D eigenvalue weighted by atomic mass is 10.2. The van der Waals surface area contributed by atoms with E-state index >= 15 is 0 Å². The number of aromatic nitrogens is 1. The van der Waals surface area contributed by atoms with Gasteiger partial charge in [0.15, 0.2) is 0 Å². The molecule has 17 heavy (non-hydrogen) atoms. The molecule has 5 heteroatoms. The van der Waals surface area contributed by atoms with Crippen molar-refractivity contribution in [3.05, 3.63) is 23.4 Å². The van der Waals surface area contributed by atoms with Crippen LogP contribution in [0.3, 0.4) is 0 Å². The third kappa shape index (κ3) is 3.17. The maximum atomic E-state index is 11.1. The summed E-state index contributed by atoms with van der Waals surface area (Å²) < 4.78 is 5.06. The maximum absolute atomic E-state index is 11.1. The van der Waals surface area contributed by atoms with E-state index in [2.05, 4.69) is 4.98 Å². The number of likely N-dealkylation sites (N-methyl/N-ethyl adjacent to an activating group) is 1. The molecule has 1 unspecified atom stereocenters. The van der Waals surface area contributed by atoms with Crippen LogP contribution in [-0.4, -0.2) is 42.9 Å². The van der Waals surface area contributed by atoms with Crippen LogP contribution in [-0.2, 0) is 4.74 Å². The molecule has 0 saturated heterocycles. The zero-order chi connectivity index (χ0) is 13.0. The van der Waals surface area contributed by atoms with Crippen LogP contribution >= 0.6 is 0 Å². The number of aryl methyl sites for hydroxylation is 1. The van der Waals surface area contributed by atoms with Gasteiger partial charge in [-0.3, -0.25) is 0 Å². The summed E-state index contributed by atoms with van der Waals surface area (Å²) in [6.45, 7) is 4.31. The first kappa shape index (κ1) is 13.4. The van der Waals surface area contributed by atoms with Gasteiger partial charge in [-0.1, -0.05) is 0 Å². The molecule has 1 aromatic rings. The van der Waals surface area contributed by atoms with E-state index in [1.165, 1.54) is 0 Å². The Morgan fingerprint density at radius 2 is 2.24 bits per heavy atom. The van der Waals surface area contributed by atoms with Gasteiger partial charge in [-0.15, -0.1) is 0 Å². The first-order valence-electron chi connectivity index (χ1n) is 5.40. The smallest absolute Gasteiger partial charge is 0.339 e. The highest BCUT2D eigenvalue weighted by atomic mass is 16.5. The largest absolute Gasteiger partial charge is 0.478 e. The number of carboxylic acid groups (broad SMARTS) is 1. The predicted molar refractivity (Wildman–Crippen MR) is 65.7 cm³/mol. The molecular weight excluding hydrogens is 220 g/mol. The van der Waals surface area contributed by atoms with Crippen LogP contribution in [0, 0.1) is 6.92 Å². The number of hydrogen-bond donors (Lipinski definition) is 1. The first-order chi connectivity index (χ1) is 7.97. The Labute approximate surface area is 101 Å². The van der Waals surface area contributed by atoms with Crippen molar-refractivity contribution in [1.29, 1.82) is 0 Å². The summed E-state index contributed by atoms with van der Waals surface area (Å²) in [4.78, 5) is 17.2. The molecule has 0 fully saturated rings. The Morgan fingerprint density at radius 1 is 1.59 bits per heavy atom. The molecule has 0 aliphatic carbocycles. The fourth-order valence-corrected chi connectivity index (χ4v) is 1.54. The zero-order valence-corrected chi connectivity index (χ0v) is 10.6. The highest BCUT2D eigenvalue weighted by Crippen LogP contribution is 2.19. The molecule has 0 aliphatic heterocycles. The molecule has 1 atom stereocenters. The third-order valence-corrected chi connectivity index (χ3v) is 2.65. The number of methoxy groups -OCH3 is 1. The number of rotatable bonds is 5. The van der Waals surface area contributed by atoms with E-state index in [0.717, 1.165) is 5.69 Å². The molecule has 0 saturated carbocycles. The molecular formula is C12H18N2O3. The van der Waals surface area contributed by atoms with Gasteiger partial charge in [0.05, 0.1) is 12.6 Å². The average molecular weight is 238 g/mol. The van der Waals surface area contributed by atoms with Gasteiger partial charge >= 0.3 is 5.97 Å². The van der Waals surface area contributed by atoms with Crippen LogP contribution in [0.15, 0.2) is 12.1 Å². The molecule has 0 radical (unpaired) electrons. The van der Waals surface area contributed by atoms with Gasteiger partial charge in [0.25, 0.3) is 0 Å². The van der Waals surface area contributed by atoms with Crippen molar-refractivity contribution in [2.24, 2.45) is 0 Å². The van der Waals surface area contributed by atoms with E-state index in [9.17, 15) is 4.79 Å². The Bertz CT molecular complexity index is 407. The van der Waals surface area contributed by atoms with Crippen molar-refractivity contribution in [1.82, 2.24) is 4.98 Å². The van der Waals surface area contributed by atoms with Crippen molar-refractivity contribution >= 4 is 11.8 Å². The van der Waals surface area contributed by atoms with Gasteiger partial charge in [0, 0.05) is 19.9 Å². The molecule has 1 N–H and O–H groups in total. The summed E-state index contributed by atoms with van der Waals surface area (Å²) in [6, 6.07) is 3.34. The summed E-state index contributed by atoms with van der Waals surface area (Å²) in [5, 5.41) is 9.12. The molecule has 5 nitrogen and oxygen atoms in total. The van der Waals surface area contributed by atoms with Crippen LogP contribution in [0.5, 0.6) is 0 Å². The van der Waals surface area contributed by atoms with Gasteiger partial charge in [0.2, 0.25) is 0 Å². The molecule has 0 amide bonds. The summed E-state index contributed by atoms with van der Waals surface area (Å²) >= 11 is 0. The second-order valence-corrected chi connectivity index (χ2v) is 4.04. The standard InChI is InChI=1S/C12H18N2O3/c1-8-5-6-10(12(15)16)11(13-8)14(3)9(2)7-17-4/h5-6,9H,7H2,1-4H3,(H,15,16). The molecule has 0 aliphatic rings. The van der Waals surface area contributed by atoms with Gasteiger partial charge in [0.1, 0.15) is 11.4 Å². The van der Waals surface area contributed by atoms with Gasteiger partial charge < -0.3 is 14.7 Å². The monoisotopic (exact) mass is 238 g/mol. The minimum Gasteiger partial charge on any atom is -0.478 e. The quantitative estimate of drug-likeness (QED) is 0.843. The number of carboxylic acids is 1. The molecule has 0 aromatic carbocycles. The summed E-state index contributed by atoms with van der Waals surface area (Å²) in [5.74, 6) is -0.494. The number of anilines is 1. The van der Waals surface area contributed by atoms with Crippen LogP contribution < -0.4 is 4.90 Å². The van der Waals surface area contributed by atoms with Gasteiger partial charge in [-0.2, -0.15) is 0 Å². The van der Waals surface area contributed by atoms with E-state index in [0.29, 0.717) is 12.4 Å². The second kappa shape index (κ2) is 5.63. The van der Waals surface area contributed by atoms with Crippen LogP contribution in [0.1, 0.15) is 23.0 Å².